The first-order chi connectivity index (χ1) is 16.0. The van der Waals surface area contributed by atoms with Crippen molar-refractivity contribution in [2.75, 3.05) is 13.2 Å². The van der Waals surface area contributed by atoms with E-state index in [1.807, 2.05) is 12.1 Å². The van der Waals surface area contributed by atoms with Crippen LogP contribution < -0.4 is 16.0 Å². The van der Waals surface area contributed by atoms with Crippen molar-refractivity contribution in [1.82, 2.24) is 9.55 Å². The summed E-state index contributed by atoms with van der Waals surface area (Å²) in [4.78, 5) is 30.8. The Labute approximate surface area is 190 Å². The number of cyclic esters (lactones) is 1. The predicted molar refractivity (Wildman–Crippen MR) is 121 cm³/mol. The Kier molecular flexibility index (Phi) is 4.41. The van der Waals surface area contributed by atoms with Gasteiger partial charge >= 0.3 is 5.97 Å². The van der Waals surface area contributed by atoms with Gasteiger partial charge in [-0.15, -0.1) is 0 Å². The minimum absolute atomic E-state index is 0.125. The number of ether oxygens (including phenoxy) is 2. The zero-order valence-corrected chi connectivity index (χ0v) is 18.4. The Hall–Kier alpha value is -3.23. The van der Waals surface area contributed by atoms with Gasteiger partial charge in [-0.05, 0) is 49.4 Å². The van der Waals surface area contributed by atoms with Gasteiger partial charge in [-0.2, -0.15) is 0 Å². The molecule has 2 aromatic heterocycles. The van der Waals surface area contributed by atoms with Gasteiger partial charge in [0, 0.05) is 28.6 Å². The molecule has 3 N–H and O–H groups in total. The van der Waals surface area contributed by atoms with Crippen molar-refractivity contribution in [1.29, 1.82) is 0 Å². The number of carbonyl (C=O) groups excluding carboxylic acids is 1. The molecular weight excluding hydrogens is 422 g/mol. The van der Waals surface area contributed by atoms with E-state index in [0.717, 1.165) is 52.7 Å². The van der Waals surface area contributed by atoms with Crippen molar-refractivity contribution in [3.63, 3.8) is 0 Å². The average Bonchev–Trinajstić information content (AvgIpc) is 3.21. The van der Waals surface area contributed by atoms with Crippen LogP contribution in [0.3, 0.4) is 0 Å². The maximum absolute atomic E-state index is 13.4. The zero-order chi connectivity index (χ0) is 22.9. The number of aryl methyl sites for hydroxylation is 2. The first-order valence-corrected chi connectivity index (χ1v) is 11.4. The minimum Gasteiger partial charge on any atom is -0.492 e. The molecule has 3 aromatic rings. The molecule has 8 heteroatoms. The average molecular weight is 447 g/mol. The van der Waals surface area contributed by atoms with Crippen LogP contribution in [0.4, 0.5) is 0 Å². The third-order valence-corrected chi connectivity index (χ3v) is 7.26. The Morgan fingerprint density at radius 3 is 2.82 bits per heavy atom. The van der Waals surface area contributed by atoms with Gasteiger partial charge in [0.25, 0.3) is 5.56 Å². The Balaban J connectivity index is 1.60. The summed E-state index contributed by atoms with van der Waals surface area (Å²) in [5.74, 6) is 0.138. The summed E-state index contributed by atoms with van der Waals surface area (Å²) < 4.78 is 12.8. The monoisotopic (exact) mass is 447 g/mol. The minimum atomic E-state index is -1.82. The third-order valence-electron chi connectivity index (χ3n) is 7.26. The van der Waals surface area contributed by atoms with E-state index in [0.29, 0.717) is 36.5 Å². The molecule has 0 fully saturated rings. The first-order valence-electron chi connectivity index (χ1n) is 11.4. The highest BCUT2D eigenvalue weighted by Crippen LogP contribution is 2.43. The number of esters is 1. The number of aliphatic hydroxyl groups is 1. The van der Waals surface area contributed by atoms with Gasteiger partial charge in [0.05, 0.1) is 29.0 Å². The van der Waals surface area contributed by atoms with Crippen LogP contribution in [0.5, 0.6) is 5.75 Å². The van der Waals surface area contributed by atoms with Crippen LogP contribution in [0.25, 0.3) is 22.3 Å². The van der Waals surface area contributed by atoms with Crippen molar-refractivity contribution in [3.05, 3.63) is 56.4 Å². The van der Waals surface area contributed by atoms with Crippen LogP contribution in [0, 0.1) is 0 Å². The highest BCUT2D eigenvalue weighted by atomic mass is 16.6. The number of nitrogens with two attached hydrogens (primary N) is 1. The number of hydrogen-bond donors (Lipinski definition) is 2. The first kappa shape index (κ1) is 20.4. The summed E-state index contributed by atoms with van der Waals surface area (Å²) in [5, 5.41) is 12.2. The van der Waals surface area contributed by atoms with Crippen molar-refractivity contribution < 1.29 is 19.4 Å². The molecule has 0 saturated carbocycles. The molecule has 33 heavy (non-hydrogen) atoms. The van der Waals surface area contributed by atoms with E-state index >= 15 is 0 Å². The van der Waals surface area contributed by atoms with E-state index in [9.17, 15) is 14.7 Å². The van der Waals surface area contributed by atoms with Gasteiger partial charge in [-0.1, -0.05) is 6.92 Å². The number of carbonyl (C=O) groups is 1. The van der Waals surface area contributed by atoms with E-state index in [2.05, 4.69) is 0 Å². The molecule has 0 amide bonds. The van der Waals surface area contributed by atoms with E-state index < -0.39 is 11.6 Å². The largest absolute Gasteiger partial charge is 0.492 e. The van der Waals surface area contributed by atoms with E-state index in [-0.39, 0.29) is 18.6 Å². The lowest BCUT2D eigenvalue weighted by molar-refractivity contribution is -0.172. The number of pyridine rings is 2. The fourth-order valence-electron chi connectivity index (χ4n) is 5.59. The number of fused-ring (bicyclic) bond motifs is 5. The number of benzene rings is 1. The predicted octanol–water partition coefficient (Wildman–Crippen LogP) is 1.91. The molecule has 6 rings (SSSR count). The normalized spacial score (nSPS) is 20.3. The van der Waals surface area contributed by atoms with E-state index in [1.165, 1.54) is 5.56 Å². The van der Waals surface area contributed by atoms with E-state index in [4.69, 9.17) is 20.2 Å². The summed E-state index contributed by atoms with van der Waals surface area (Å²) in [7, 11) is 0. The maximum atomic E-state index is 13.4. The molecule has 0 spiro atoms. The van der Waals surface area contributed by atoms with Crippen molar-refractivity contribution in [3.8, 4) is 17.1 Å². The smallest absolute Gasteiger partial charge is 0.343 e. The van der Waals surface area contributed by atoms with Gasteiger partial charge in [0.2, 0.25) is 0 Å². The molecule has 1 atom stereocenters. The fraction of sp³-hybridized carbons (Fsp3) is 0.400. The van der Waals surface area contributed by atoms with Crippen LogP contribution in [0.1, 0.15) is 47.6 Å². The summed E-state index contributed by atoms with van der Waals surface area (Å²) in [5.41, 5.74) is 9.90. The summed E-state index contributed by atoms with van der Waals surface area (Å²) in [6.45, 7) is 2.91. The fourth-order valence-corrected chi connectivity index (χ4v) is 5.59. The molecule has 0 radical (unpaired) electrons. The molecular formula is C25H25N3O5. The number of nitrogens with zero attached hydrogens (tertiary/aromatic N) is 2. The standard InChI is InChI=1S/C25H25N3O5/c1-2-25(31)17-10-19-22-15(11-28(19)23(29)16(17)12-33-24(25)30)13-4-3-5-14-20(32-9-8-26)7-6-18(27-22)21(13)14/h6-7,10,31H,2-5,8-9,11-12,26H2,1H3. The second-order valence-electron chi connectivity index (χ2n) is 8.95. The second-order valence-corrected chi connectivity index (χ2v) is 8.95. The highest BCUT2D eigenvalue weighted by Gasteiger charge is 2.45. The molecule has 2 aliphatic heterocycles. The molecule has 0 saturated heterocycles. The van der Waals surface area contributed by atoms with Crippen molar-refractivity contribution in [2.24, 2.45) is 5.73 Å². The van der Waals surface area contributed by atoms with Crippen molar-refractivity contribution in [2.45, 2.75) is 51.4 Å². The Bertz CT molecular complexity index is 1410. The molecule has 1 unspecified atom stereocenters. The van der Waals surface area contributed by atoms with Crippen LogP contribution in [-0.2, 0) is 41.1 Å². The van der Waals surface area contributed by atoms with Gasteiger partial charge in [-0.3, -0.25) is 4.79 Å². The van der Waals surface area contributed by atoms with Crippen molar-refractivity contribution >= 4 is 16.9 Å². The number of hydrogen-bond acceptors (Lipinski definition) is 7. The Morgan fingerprint density at radius 1 is 1.21 bits per heavy atom. The highest BCUT2D eigenvalue weighted by molar-refractivity contribution is 5.93. The van der Waals surface area contributed by atoms with Gasteiger partial charge in [0.15, 0.2) is 5.60 Å². The molecule has 1 aromatic carbocycles. The van der Waals surface area contributed by atoms with E-state index in [1.54, 1.807) is 17.6 Å². The lowest BCUT2D eigenvalue weighted by atomic mass is 9.85. The van der Waals surface area contributed by atoms with Gasteiger partial charge in [-0.25, -0.2) is 9.78 Å². The molecule has 3 aliphatic rings. The van der Waals surface area contributed by atoms with Gasteiger partial charge < -0.3 is 24.9 Å². The molecule has 8 nitrogen and oxygen atoms in total. The molecule has 0 bridgehead atoms. The van der Waals surface area contributed by atoms with Crippen LogP contribution >= 0.6 is 0 Å². The van der Waals surface area contributed by atoms with Crippen LogP contribution in [0.15, 0.2) is 23.0 Å². The molecule has 1 aliphatic carbocycles. The quantitative estimate of drug-likeness (QED) is 0.459. The second kappa shape index (κ2) is 7.13. The Morgan fingerprint density at radius 2 is 2.03 bits per heavy atom. The van der Waals surface area contributed by atoms with Gasteiger partial charge in [0.1, 0.15) is 19.0 Å². The number of rotatable bonds is 4. The van der Waals surface area contributed by atoms with Crippen LogP contribution in [0.2, 0.25) is 0 Å². The SMILES string of the molecule is CCC1(O)C(=O)OCc2c1cc1n(c2=O)Cc2c-1nc1ccc(OCCN)c3c1c2CCC3. The maximum Gasteiger partial charge on any atom is 0.343 e. The summed E-state index contributed by atoms with van der Waals surface area (Å²) in [6.07, 6.45) is 2.92. The third kappa shape index (κ3) is 2.68. The molecule has 170 valence electrons. The van der Waals surface area contributed by atoms with Crippen LogP contribution in [-0.4, -0.2) is 33.8 Å². The zero-order valence-electron chi connectivity index (χ0n) is 18.4. The lowest BCUT2D eigenvalue weighted by Crippen LogP contribution is -2.44. The summed E-state index contributed by atoms with van der Waals surface area (Å²) >= 11 is 0. The number of aromatic nitrogens is 2. The lowest BCUT2D eigenvalue weighted by Gasteiger charge is -2.31. The summed E-state index contributed by atoms with van der Waals surface area (Å²) in [6, 6.07) is 5.67. The topological polar surface area (TPSA) is 117 Å². The molecule has 4 heterocycles.